The summed E-state index contributed by atoms with van der Waals surface area (Å²) in [6.07, 6.45) is 1.000. The Bertz CT molecular complexity index is 648. The highest BCUT2D eigenvalue weighted by molar-refractivity contribution is 7.99. The van der Waals surface area contributed by atoms with Crippen molar-refractivity contribution in [2.24, 2.45) is 0 Å². The summed E-state index contributed by atoms with van der Waals surface area (Å²) in [6.45, 7) is 5.20. The van der Waals surface area contributed by atoms with Crippen LogP contribution >= 0.6 is 23.4 Å². The molecule has 130 valence electrons. The van der Waals surface area contributed by atoms with Gasteiger partial charge in [0.15, 0.2) is 0 Å². The van der Waals surface area contributed by atoms with Crippen LogP contribution in [-0.2, 0) is 9.53 Å². The summed E-state index contributed by atoms with van der Waals surface area (Å²) < 4.78 is 6.99. The minimum atomic E-state index is -0.0600. The Balaban J connectivity index is 1.77. The van der Waals surface area contributed by atoms with E-state index in [-0.39, 0.29) is 17.8 Å². The van der Waals surface area contributed by atoms with Crippen molar-refractivity contribution in [2.75, 3.05) is 18.9 Å². The lowest BCUT2D eigenvalue weighted by atomic mass is 10.3. The molecule has 1 aromatic heterocycles. The normalized spacial score (nSPS) is 11.0. The number of ether oxygens (including phenoxy) is 1. The van der Waals surface area contributed by atoms with Gasteiger partial charge in [-0.2, -0.15) is 4.68 Å². The van der Waals surface area contributed by atoms with Gasteiger partial charge in [-0.3, -0.25) is 4.79 Å². The smallest absolute Gasteiger partial charge is 0.230 e. The van der Waals surface area contributed by atoms with Gasteiger partial charge >= 0.3 is 0 Å². The second-order valence-electron chi connectivity index (χ2n) is 5.26. The van der Waals surface area contributed by atoms with Crippen LogP contribution in [-0.4, -0.2) is 51.1 Å². The molecule has 0 spiro atoms. The highest BCUT2D eigenvalue weighted by atomic mass is 35.5. The highest BCUT2D eigenvalue weighted by Gasteiger charge is 2.11. The van der Waals surface area contributed by atoms with Gasteiger partial charge in [0, 0.05) is 18.2 Å². The maximum Gasteiger partial charge on any atom is 0.230 e. The third-order valence-corrected chi connectivity index (χ3v) is 4.11. The zero-order valence-electron chi connectivity index (χ0n) is 13.6. The summed E-state index contributed by atoms with van der Waals surface area (Å²) in [6, 6.07) is 7.16. The first-order chi connectivity index (χ1) is 11.6. The predicted octanol–water partition coefficient (Wildman–Crippen LogP) is 2.34. The second kappa shape index (κ2) is 9.61. The van der Waals surface area contributed by atoms with Crippen molar-refractivity contribution in [3.63, 3.8) is 0 Å². The quantitative estimate of drug-likeness (QED) is 0.539. The molecule has 0 saturated heterocycles. The van der Waals surface area contributed by atoms with Crippen molar-refractivity contribution < 1.29 is 9.53 Å². The lowest BCUT2D eigenvalue weighted by Crippen LogP contribution is -2.27. The van der Waals surface area contributed by atoms with Crippen molar-refractivity contribution >= 4 is 29.3 Å². The third-order valence-electron chi connectivity index (χ3n) is 2.94. The average molecular weight is 370 g/mol. The molecule has 0 radical (unpaired) electrons. The number of tetrazole rings is 1. The van der Waals surface area contributed by atoms with Crippen LogP contribution in [0.2, 0.25) is 5.02 Å². The molecule has 0 unspecified atom stereocenters. The van der Waals surface area contributed by atoms with Crippen molar-refractivity contribution in [1.82, 2.24) is 25.5 Å². The molecular weight excluding hydrogens is 350 g/mol. The molecule has 0 bridgehead atoms. The summed E-state index contributed by atoms with van der Waals surface area (Å²) >= 11 is 7.16. The van der Waals surface area contributed by atoms with Gasteiger partial charge in [0.25, 0.3) is 0 Å². The van der Waals surface area contributed by atoms with E-state index in [2.05, 4.69) is 20.8 Å². The Morgan fingerprint density at radius 2 is 2.12 bits per heavy atom. The van der Waals surface area contributed by atoms with E-state index in [4.69, 9.17) is 16.3 Å². The maximum absolute atomic E-state index is 11.9. The van der Waals surface area contributed by atoms with Crippen molar-refractivity contribution in [1.29, 1.82) is 0 Å². The van der Waals surface area contributed by atoms with Crippen LogP contribution in [0.1, 0.15) is 20.3 Å². The highest BCUT2D eigenvalue weighted by Crippen LogP contribution is 2.19. The van der Waals surface area contributed by atoms with Crippen molar-refractivity contribution in [3.8, 4) is 5.69 Å². The number of hydrogen-bond donors (Lipinski definition) is 1. The Morgan fingerprint density at radius 1 is 1.38 bits per heavy atom. The molecule has 2 aromatic rings. The topological polar surface area (TPSA) is 81.9 Å². The van der Waals surface area contributed by atoms with Crippen LogP contribution in [0.25, 0.3) is 5.69 Å². The van der Waals surface area contributed by atoms with E-state index in [1.165, 1.54) is 11.8 Å². The van der Waals surface area contributed by atoms with Gasteiger partial charge in [-0.05, 0) is 55.0 Å². The molecule has 0 aliphatic rings. The fourth-order valence-corrected chi connectivity index (χ4v) is 2.66. The molecule has 2 rings (SSSR count). The van der Waals surface area contributed by atoms with Gasteiger partial charge in [-0.1, -0.05) is 23.4 Å². The zero-order valence-corrected chi connectivity index (χ0v) is 15.2. The van der Waals surface area contributed by atoms with Gasteiger partial charge in [-0.25, -0.2) is 0 Å². The van der Waals surface area contributed by atoms with E-state index in [1.54, 1.807) is 16.8 Å². The molecule has 7 nitrogen and oxygen atoms in total. The van der Waals surface area contributed by atoms with Gasteiger partial charge in [0.2, 0.25) is 11.1 Å². The molecule has 1 N–H and O–H groups in total. The van der Waals surface area contributed by atoms with Crippen molar-refractivity contribution in [2.45, 2.75) is 31.5 Å². The zero-order chi connectivity index (χ0) is 17.4. The molecule has 0 aliphatic carbocycles. The van der Waals surface area contributed by atoms with E-state index in [0.29, 0.717) is 23.3 Å². The van der Waals surface area contributed by atoms with Crippen molar-refractivity contribution in [3.05, 3.63) is 29.3 Å². The maximum atomic E-state index is 11.9. The first-order valence-corrected chi connectivity index (χ1v) is 8.98. The van der Waals surface area contributed by atoms with Gasteiger partial charge in [0.05, 0.1) is 17.5 Å². The minimum absolute atomic E-state index is 0.0600. The molecule has 1 aromatic carbocycles. The van der Waals surface area contributed by atoms with Gasteiger partial charge in [0.1, 0.15) is 0 Å². The summed E-state index contributed by atoms with van der Waals surface area (Å²) in [5, 5.41) is 15.6. The van der Waals surface area contributed by atoms with Crippen LogP contribution in [0.3, 0.4) is 0 Å². The lowest BCUT2D eigenvalue weighted by molar-refractivity contribution is -0.118. The van der Waals surface area contributed by atoms with Crippen LogP contribution in [0.15, 0.2) is 29.4 Å². The largest absolute Gasteiger partial charge is 0.379 e. The molecule has 9 heteroatoms. The molecule has 1 heterocycles. The van der Waals surface area contributed by atoms with E-state index in [9.17, 15) is 4.79 Å². The molecule has 0 saturated carbocycles. The van der Waals surface area contributed by atoms with Gasteiger partial charge in [-0.15, -0.1) is 5.10 Å². The van der Waals surface area contributed by atoms with Crippen LogP contribution in [0, 0.1) is 0 Å². The third kappa shape index (κ3) is 6.10. The standard InChI is InChI=1S/C15H20ClN5O2S/c1-11(2)23-9-3-8-17-14(22)10-24-15-18-19-20-21(15)13-6-4-12(16)5-7-13/h4-7,11H,3,8-10H2,1-2H3,(H,17,22). The Kier molecular flexibility index (Phi) is 7.48. The SMILES string of the molecule is CC(C)OCCCNC(=O)CSc1nnnn1-c1ccc(Cl)cc1. The molecule has 1 amide bonds. The Labute approximate surface area is 150 Å². The number of hydrogen-bond acceptors (Lipinski definition) is 6. The van der Waals surface area contributed by atoms with Crippen LogP contribution < -0.4 is 5.32 Å². The predicted molar refractivity (Wildman–Crippen MR) is 93.6 cm³/mol. The Morgan fingerprint density at radius 3 is 2.83 bits per heavy atom. The van der Waals surface area contributed by atoms with Crippen LogP contribution in [0.5, 0.6) is 0 Å². The summed E-state index contributed by atoms with van der Waals surface area (Å²) in [7, 11) is 0. The number of halogens is 1. The number of aromatic nitrogens is 4. The first kappa shape index (κ1) is 18.7. The monoisotopic (exact) mass is 369 g/mol. The molecule has 0 fully saturated rings. The molecule has 0 atom stereocenters. The number of nitrogens with zero attached hydrogens (tertiary/aromatic N) is 4. The molecular formula is C15H20ClN5O2S. The average Bonchev–Trinajstić information content (AvgIpc) is 3.01. The number of benzene rings is 1. The number of carbonyl (C=O) groups excluding carboxylic acids is 1. The number of rotatable bonds is 9. The summed E-state index contributed by atoms with van der Waals surface area (Å²) in [4.78, 5) is 11.9. The first-order valence-electron chi connectivity index (χ1n) is 7.61. The van der Waals surface area contributed by atoms with Crippen LogP contribution in [0.4, 0.5) is 0 Å². The van der Waals surface area contributed by atoms with E-state index in [1.807, 2.05) is 26.0 Å². The number of thioether (sulfide) groups is 1. The van der Waals surface area contributed by atoms with E-state index in [0.717, 1.165) is 12.1 Å². The number of nitrogens with one attached hydrogen (secondary N) is 1. The second-order valence-corrected chi connectivity index (χ2v) is 6.64. The Hall–Kier alpha value is -1.64. The molecule has 24 heavy (non-hydrogen) atoms. The summed E-state index contributed by atoms with van der Waals surface area (Å²) in [5.41, 5.74) is 0.790. The fourth-order valence-electron chi connectivity index (χ4n) is 1.81. The van der Waals surface area contributed by atoms with E-state index < -0.39 is 0 Å². The van der Waals surface area contributed by atoms with E-state index >= 15 is 0 Å². The summed E-state index contributed by atoms with van der Waals surface area (Å²) in [5.74, 6) is 0.189. The molecule has 0 aliphatic heterocycles. The van der Waals surface area contributed by atoms with Gasteiger partial charge < -0.3 is 10.1 Å². The number of amides is 1. The fraction of sp³-hybridized carbons (Fsp3) is 0.467. The lowest BCUT2D eigenvalue weighted by Gasteiger charge is -2.08. The number of carbonyl (C=O) groups is 1. The minimum Gasteiger partial charge on any atom is -0.379 e.